The van der Waals surface area contributed by atoms with Crippen molar-refractivity contribution in [1.29, 1.82) is 0 Å². The number of unbranched alkanes of at least 4 members (excludes halogenated alkanes) is 4. The van der Waals surface area contributed by atoms with Crippen molar-refractivity contribution < 1.29 is 14.7 Å². The van der Waals surface area contributed by atoms with Crippen molar-refractivity contribution in [3.05, 3.63) is 42.0 Å². The van der Waals surface area contributed by atoms with Crippen LogP contribution in [0.4, 0.5) is 0 Å². The van der Waals surface area contributed by atoms with Crippen LogP contribution in [0.2, 0.25) is 0 Å². The van der Waals surface area contributed by atoms with Crippen molar-refractivity contribution in [3.63, 3.8) is 0 Å². The summed E-state index contributed by atoms with van der Waals surface area (Å²) in [6.07, 6.45) is 8.23. The van der Waals surface area contributed by atoms with Gasteiger partial charge in [-0.3, -0.25) is 9.59 Å². The first-order valence-electron chi connectivity index (χ1n) is 7.41. The van der Waals surface area contributed by atoms with Crippen LogP contribution in [-0.2, 0) is 9.59 Å². The molecule has 0 aliphatic carbocycles. The van der Waals surface area contributed by atoms with E-state index in [1.807, 2.05) is 30.3 Å². The Balaban J connectivity index is 2.01. The number of benzene rings is 1. The van der Waals surface area contributed by atoms with Gasteiger partial charge in [-0.05, 0) is 24.5 Å². The Hall–Kier alpha value is -2.10. The fourth-order valence-electron chi connectivity index (χ4n) is 1.94. The summed E-state index contributed by atoms with van der Waals surface area (Å²) in [5.74, 6) is -0.808. The topological polar surface area (TPSA) is 66.4 Å². The van der Waals surface area contributed by atoms with Crippen molar-refractivity contribution in [3.8, 4) is 0 Å². The number of hydrogen-bond donors (Lipinski definition) is 2. The van der Waals surface area contributed by atoms with Gasteiger partial charge in [-0.15, -0.1) is 0 Å². The summed E-state index contributed by atoms with van der Waals surface area (Å²) in [5.41, 5.74) is 1.01. The van der Waals surface area contributed by atoms with E-state index in [2.05, 4.69) is 5.32 Å². The highest BCUT2D eigenvalue weighted by molar-refractivity contribution is 5.91. The average Bonchev–Trinajstić information content (AvgIpc) is 2.48. The number of carboxylic acids is 1. The maximum Gasteiger partial charge on any atom is 0.303 e. The first-order chi connectivity index (χ1) is 10.2. The lowest BCUT2D eigenvalue weighted by Crippen LogP contribution is -2.21. The first kappa shape index (κ1) is 17.0. The molecule has 0 atom stereocenters. The van der Waals surface area contributed by atoms with Crippen molar-refractivity contribution >= 4 is 18.0 Å². The van der Waals surface area contributed by atoms with Gasteiger partial charge in [-0.1, -0.05) is 49.6 Å². The molecular weight excluding hydrogens is 266 g/mol. The smallest absolute Gasteiger partial charge is 0.303 e. The van der Waals surface area contributed by atoms with E-state index in [4.69, 9.17) is 5.11 Å². The average molecular weight is 289 g/mol. The quantitative estimate of drug-likeness (QED) is 0.513. The Bertz CT molecular complexity index is 454. The zero-order valence-corrected chi connectivity index (χ0v) is 12.3. The Morgan fingerprint density at radius 2 is 1.67 bits per heavy atom. The molecule has 0 bridgehead atoms. The summed E-state index contributed by atoms with van der Waals surface area (Å²) in [7, 11) is 0. The third kappa shape index (κ3) is 9.44. The van der Waals surface area contributed by atoms with E-state index in [0.717, 1.165) is 37.7 Å². The highest BCUT2D eigenvalue weighted by atomic mass is 16.4. The van der Waals surface area contributed by atoms with Crippen molar-refractivity contribution in [2.45, 2.75) is 38.5 Å². The fraction of sp³-hybridized carbons (Fsp3) is 0.412. The molecule has 4 nitrogen and oxygen atoms in total. The fourth-order valence-corrected chi connectivity index (χ4v) is 1.94. The Labute approximate surface area is 125 Å². The number of carbonyl (C=O) groups is 2. The van der Waals surface area contributed by atoms with E-state index in [-0.39, 0.29) is 12.3 Å². The van der Waals surface area contributed by atoms with Crippen LogP contribution >= 0.6 is 0 Å². The second-order valence-electron chi connectivity index (χ2n) is 4.95. The second kappa shape index (κ2) is 10.7. The number of aliphatic carboxylic acids is 1. The maximum atomic E-state index is 11.6. The minimum Gasteiger partial charge on any atom is -0.481 e. The summed E-state index contributed by atoms with van der Waals surface area (Å²) >= 11 is 0. The third-order valence-electron chi connectivity index (χ3n) is 3.09. The van der Waals surface area contributed by atoms with Crippen LogP contribution in [0.25, 0.3) is 6.08 Å². The minimum absolute atomic E-state index is 0.0790. The number of amides is 1. The van der Waals surface area contributed by atoms with E-state index >= 15 is 0 Å². The molecule has 1 aromatic rings. The number of carboxylic acid groups (broad SMARTS) is 1. The highest BCUT2D eigenvalue weighted by Gasteiger charge is 1.97. The monoisotopic (exact) mass is 289 g/mol. The second-order valence-corrected chi connectivity index (χ2v) is 4.95. The molecule has 1 rings (SSSR count). The summed E-state index contributed by atoms with van der Waals surface area (Å²) in [4.78, 5) is 21.9. The van der Waals surface area contributed by atoms with E-state index in [1.54, 1.807) is 12.2 Å². The summed E-state index contributed by atoms with van der Waals surface area (Å²) in [5, 5.41) is 11.3. The molecular formula is C17H23NO3. The van der Waals surface area contributed by atoms with Crippen LogP contribution in [0.5, 0.6) is 0 Å². The maximum absolute atomic E-state index is 11.6. The Morgan fingerprint density at radius 1 is 1.00 bits per heavy atom. The van der Waals surface area contributed by atoms with Gasteiger partial charge in [-0.25, -0.2) is 0 Å². The van der Waals surface area contributed by atoms with E-state index in [1.165, 1.54) is 0 Å². The van der Waals surface area contributed by atoms with Crippen LogP contribution in [0, 0.1) is 0 Å². The van der Waals surface area contributed by atoms with E-state index in [0.29, 0.717) is 6.54 Å². The van der Waals surface area contributed by atoms with Crippen LogP contribution in [0.15, 0.2) is 36.4 Å². The lowest BCUT2D eigenvalue weighted by Gasteiger charge is -2.02. The van der Waals surface area contributed by atoms with Crippen molar-refractivity contribution in [2.24, 2.45) is 0 Å². The summed E-state index contributed by atoms with van der Waals surface area (Å²) in [6.45, 7) is 0.664. The molecule has 0 aromatic heterocycles. The van der Waals surface area contributed by atoms with Crippen molar-refractivity contribution in [2.75, 3.05) is 6.54 Å². The standard InChI is InChI=1S/C17H23NO3/c19-16(13-12-15-9-5-4-6-10-15)18-14-8-3-1-2-7-11-17(20)21/h4-6,9-10,12-13H,1-3,7-8,11,14H2,(H,18,19)(H,20,21). The summed E-state index contributed by atoms with van der Waals surface area (Å²) in [6, 6.07) is 9.69. The van der Waals surface area contributed by atoms with Gasteiger partial charge in [0.15, 0.2) is 0 Å². The lowest BCUT2D eigenvalue weighted by atomic mass is 10.1. The molecule has 4 heteroatoms. The number of carbonyl (C=O) groups excluding carboxylic acids is 1. The summed E-state index contributed by atoms with van der Waals surface area (Å²) < 4.78 is 0. The third-order valence-corrected chi connectivity index (χ3v) is 3.09. The minimum atomic E-state index is -0.729. The molecule has 0 radical (unpaired) electrons. The van der Waals surface area contributed by atoms with E-state index < -0.39 is 5.97 Å². The van der Waals surface area contributed by atoms with Crippen LogP contribution < -0.4 is 5.32 Å². The molecule has 21 heavy (non-hydrogen) atoms. The predicted molar refractivity (Wildman–Crippen MR) is 83.8 cm³/mol. The van der Waals surface area contributed by atoms with Crippen molar-refractivity contribution in [1.82, 2.24) is 5.32 Å². The van der Waals surface area contributed by atoms with Gasteiger partial charge in [-0.2, -0.15) is 0 Å². The first-order valence-corrected chi connectivity index (χ1v) is 7.41. The normalized spacial score (nSPS) is 10.7. The zero-order valence-electron chi connectivity index (χ0n) is 12.3. The molecule has 1 amide bonds. The van der Waals surface area contributed by atoms with Gasteiger partial charge in [0.2, 0.25) is 5.91 Å². The van der Waals surface area contributed by atoms with Gasteiger partial charge in [0, 0.05) is 19.0 Å². The van der Waals surface area contributed by atoms with Gasteiger partial charge >= 0.3 is 5.97 Å². The zero-order chi connectivity index (χ0) is 15.3. The van der Waals surface area contributed by atoms with Gasteiger partial charge in [0.25, 0.3) is 0 Å². The molecule has 0 aliphatic rings. The van der Waals surface area contributed by atoms with Crippen LogP contribution in [0.3, 0.4) is 0 Å². The highest BCUT2D eigenvalue weighted by Crippen LogP contribution is 2.05. The van der Waals surface area contributed by atoms with Crippen LogP contribution in [-0.4, -0.2) is 23.5 Å². The molecule has 1 aromatic carbocycles. The number of rotatable bonds is 10. The van der Waals surface area contributed by atoms with Gasteiger partial charge in [0.05, 0.1) is 0 Å². The van der Waals surface area contributed by atoms with Gasteiger partial charge in [0.1, 0.15) is 0 Å². The van der Waals surface area contributed by atoms with Gasteiger partial charge < -0.3 is 10.4 Å². The molecule has 2 N–H and O–H groups in total. The molecule has 114 valence electrons. The molecule has 0 saturated heterocycles. The number of nitrogens with one attached hydrogen (secondary N) is 1. The Morgan fingerprint density at radius 3 is 2.38 bits per heavy atom. The largest absolute Gasteiger partial charge is 0.481 e. The number of hydrogen-bond acceptors (Lipinski definition) is 2. The van der Waals surface area contributed by atoms with Crippen LogP contribution in [0.1, 0.15) is 44.1 Å². The molecule has 0 aliphatic heterocycles. The SMILES string of the molecule is O=C(O)CCCCCCCNC(=O)C=Cc1ccccc1. The molecule has 0 spiro atoms. The molecule has 0 heterocycles. The molecule has 0 fully saturated rings. The Kier molecular flexibility index (Phi) is 8.61. The molecule has 0 saturated carbocycles. The van der Waals surface area contributed by atoms with E-state index in [9.17, 15) is 9.59 Å². The molecule has 0 unspecified atom stereocenters. The lowest BCUT2D eigenvalue weighted by molar-refractivity contribution is -0.137. The predicted octanol–water partition coefficient (Wildman–Crippen LogP) is 3.24.